The fourth-order valence-corrected chi connectivity index (χ4v) is 3.44. The first-order valence-electron chi connectivity index (χ1n) is 10.2. The van der Waals surface area contributed by atoms with Crippen molar-refractivity contribution in [2.75, 3.05) is 25.2 Å². The number of hydrogen-bond acceptors (Lipinski definition) is 6. The van der Waals surface area contributed by atoms with Gasteiger partial charge in [-0.15, -0.1) is 0 Å². The van der Waals surface area contributed by atoms with Crippen LogP contribution in [0.1, 0.15) is 31.0 Å². The van der Waals surface area contributed by atoms with Crippen molar-refractivity contribution in [3.63, 3.8) is 0 Å². The number of aryl methyl sites for hydroxylation is 1. The molecule has 0 N–H and O–H groups in total. The van der Waals surface area contributed by atoms with Crippen molar-refractivity contribution in [1.82, 2.24) is 0 Å². The zero-order valence-electron chi connectivity index (χ0n) is 18.3. The van der Waals surface area contributed by atoms with Crippen LogP contribution in [0.5, 0.6) is 5.75 Å². The SMILES string of the molecule is CCOC(=O)C1=CN(c2ccc(C)cc2)C(c2ccc(OC)cc2)C(C(=O)OCC)=C1. The van der Waals surface area contributed by atoms with Crippen LogP contribution in [-0.4, -0.2) is 32.3 Å². The molecule has 0 saturated heterocycles. The third kappa shape index (κ3) is 4.97. The Morgan fingerprint density at radius 1 is 0.903 bits per heavy atom. The van der Waals surface area contributed by atoms with E-state index in [4.69, 9.17) is 14.2 Å². The van der Waals surface area contributed by atoms with Crippen molar-refractivity contribution in [1.29, 1.82) is 0 Å². The van der Waals surface area contributed by atoms with E-state index in [1.165, 1.54) is 0 Å². The zero-order chi connectivity index (χ0) is 22.4. The Kier molecular flexibility index (Phi) is 7.13. The van der Waals surface area contributed by atoms with E-state index >= 15 is 0 Å². The minimum atomic E-state index is -0.491. The Balaban J connectivity index is 2.16. The van der Waals surface area contributed by atoms with Gasteiger partial charge in [-0.05, 0) is 56.7 Å². The minimum Gasteiger partial charge on any atom is -0.497 e. The van der Waals surface area contributed by atoms with Crippen LogP contribution in [0.4, 0.5) is 5.69 Å². The highest BCUT2D eigenvalue weighted by Crippen LogP contribution is 2.39. The molecule has 1 unspecified atom stereocenters. The van der Waals surface area contributed by atoms with Crippen molar-refractivity contribution < 1.29 is 23.8 Å². The Labute approximate surface area is 182 Å². The molecule has 2 aromatic rings. The molecule has 0 fully saturated rings. The summed E-state index contributed by atoms with van der Waals surface area (Å²) in [5.41, 5.74) is 3.45. The van der Waals surface area contributed by atoms with Gasteiger partial charge in [0, 0.05) is 11.9 Å². The summed E-state index contributed by atoms with van der Waals surface area (Å²) in [6.07, 6.45) is 3.29. The minimum absolute atomic E-state index is 0.231. The maximum atomic E-state index is 12.9. The Morgan fingerprint density at radius 2 is 1.52 bits per heavy atom. The molecule has 0 amide bonds. The summed E-state index contributed by atoms with van der Waals surface area (Å²) in [6, 6.07) is 14.9. The van der Waals surface area contributed by atoms with E-state index in [9.17, 15) is 9.59 Å². The third-order valence-corrected chi connectivity index (χ3v) is 4.95. The van der Waals surface area contributed by atoms with E-state index in [-0.39, 0.29) is 18.8 Å². The predicted octanol–water partition coefficient (Wildman–Crippen LogP) is 4.50. The van der Waals surface area contributed by atoms with E-state index in [0.717, 1.165) is 16.8 Å². The van der Waals surface area contributed by atoms with Gasteiger partial charge >= 0.3 is 11.9 Å². The van der Waals surface area contributed by atoms with E-state index in [2.05, 4.69) is 0 Å². The number of ether oxygens (including phenoxy) is 3. The molecule has 0 spiro atoms. The summed E-state index contributed by atoms with van der Waals surface area (Å²) >= 11 is 0. The van der Waals surface area contributed by atoms with Crippen molar-refractivity contribution >= 4 is 17.6 Å². The van der Waals surface area contributed by atoms with Gasteiger partial charge in [0.15, 0.2) is 0 Å². The molecule has 1 aliphatic rings. The number of esters is 2. The average Bonchev–Trinajstić information content (AvgIpc) is 2.79. The largest absolute Gasteiger partial charge is 0.497 e. The monoisotopic (exact) mass is 421 g/mol. The molecule has 1 heterocycles. The molecule has 2 aromatic carbocycles. The molecule has 162 valence electrons. The highest BCUT2D eigenvalue weighted by molar-refractivity contribution is 5.99. The summed E-state index contributed by atoms with van der Waals surface area (Å²) in [5, 5.41) is 0. The number of hydrogen-bond donors (Lipinski definition) is 0. The van der Waals surface area contributed by atoms with Gasteiger partial charge in [-0.2, -0.15) is 0 Å². The van der Waals surface area contributed by atoms with Gasteiger partial charge in [0.25, 0.3) is 0 Å². The molecule has 1 aliphatic heterocycles. The number of benzene rings is 2. The van der Waals surface area contributed by atoms with Gasteiger partial charge in [-0.1, -0.05) is 29.8 Å². The van der Waals surface area contributed by atoms with E-state index in [1.807, 2.05) is 60.4 Å². The number of rotatable bonds is 7. The fourth-order valence-electron chi connectivity index (χ4n) is 3.44. The maximum absolute atomic E-state index is 12.9. The summed E-state index contributed by atoms with van der Waals surface area (Å²) in [4.78, 5) is 27.4. The van der Waals surface area contributed by atoms with Crippen molar-refractivity contribution in [3.8, 4) is 5.75 Å². The lowest BCUT2D eigenvalue weighted by Gasteiger charge is -2.35. The lowest BCUT2D eigenvalue weighted by Crippen LogP contribution is -2.33. The summed E-state index contributed by atoms with van der Waals surface area (Å²) in [6.45, 7) is 5.98. The lowest BCUT2D eigenvalue weighted by atomic mass is 9.91. The standard InChI is InChI=1S/C25H27NO5/c1-5-30-24(27)19-15-22(25(28)31-6-2)23(18-9-13-21(29-4)14-10-18)26(16-19)20-11-7-17(3)8-12-20/h7-16,23H,5-6H2,1-4H3. The molecule has 0 bridgehead atoms. The van der Waals surface area contributed by atoms with E-state index < -0.39 is 18.0 Å². The predicted molar refractivity (Wildman–Crippen MR) is 119 cm³/mol. The number of anilines is 1. The first-order chi connectivity index (χ1) is 15.0. The Hall–Kier alpha value is -3.54. The van der Waals surface area contributed by atoms with Crippen LogP contribution in [0.15, 0.2) is 72.0 Å². The highest BCUT2D eigenvalue weighted by Gasteiger charge is 2.34. The summed E-state index contributed by atoms with van der Waals surface area (Å²) in [7, 11) is 1.60. The van der Waals surface area contributed by atoms with Gasteiger partial charge in [-0.25, -0.2) is 9.59 Å². The molecule has 0 aliphatic carbocycles. The van der Waals surface area contributed by atoms with E-state index in [1.54, 1.807) is 33.2 Å². The van der Waals surface area contributed by atoms with Crippen molar-refractivity contribution in [3.05, 3.63) is 83.1 Å². The molecule has 0 aromatic heterocycles. The second-order valence-electron chi connectivity index (χ2n) is 7.04. The smallest absolute Gasteiger partial charge is 0.339 e. The van der Waals surface area contributed by atoms with Crippen LogP contribution in [0.25, 0.3) is 0 Å². The highest BCUT2D eigenvalue weighted by atomic mass is 16.5. The molecule has 0 saturated carbocycles. The number of nitrogens with zero attached hydrogens (tertiary/aromatic N) is 1. The van der Waals surface area contributed by atoms with Crippen LogP contribution in [0.2, 0.25) is 0 Å². The van der Waals surface area contributed by atoms with Gasteiger partial charge in [0.05, 0.1) is 37.5 Å². The van der Waals surface area contributed by atoms with E-state index in [0.29, 0.717) is 11.3 Å². The normalized spacial score (nSPS) is 15.6. The number of carbonyl (C=O) groups is 2. The van der Waals surface area contributed by atoms with Crippen molar-refractivity contribution in [2.24, 2.45) is 0 Å². The zero-order valence-corrected chi connectivity index (χ0v) is 18.3. The molecule has 1 atom stereocenters. The van der Waals surface area contributed by atoms with Crippen LogP contribution in [0, 0.1) is 6.92 Å². The van der Waals surface area contributed by atoms with Crippen molar-refractivity contribution in [2.45, 2.75) is 26.8 Å². The fraction of sp³-hybridized carbons (Fsp3) is 0.280. The number of carbonyl (C=O) groups excluding carboxylic acids is 2. The Bertz CT molecular complexity index is 990. The van der Waals surface area contributed by atoms with Gasteiger partial charge < -0.3 is 19.1 Å². The van der Waals surface area contributed by atoms with Gasteiger partial charge in [-0.3, -0.25) is 0 Å². The first-order valence-corrected chi connectivity index (χ1v) is 10.2. The Morgan fingerprint density at radius 3 is 2.10 bits per heavy atom. The first kappa shape index (κ1) is 22.2. The molecule has 6 nitrogen and oxygen atoms in total. The van der Waals surface area contributed by atoms with Crippen LogP contribution >= 0.6 is 0 Å². The molecular weight excluding hydrogens is 394 g/mol. The second kappa shape index (κ2) is 9.98. The van der Waals surface area contributed by atoms with Crippen LogP contribution < -0.4 is 9.64 Å². The van der Waals surface area contributed by atoms with Crippen LogP contribution in [0.3, 0.4) is 0 Å². The summed E-state index contributed by atoms with van der Waals surface area (Å²) in [5.74, 6) is -0.254. The quantitative estimate of drug-likeness (QED) is 0.614. The maximum Gasteiger partial charge on any atom is 0.339 e. The topological polar surface area (TPSA) is 65.1 Å². The average molecular weight is 421 g/mol. The lowest BCUT2D eigenvalue weighted by molar-refractivity contribution is -0.138. The number of methoxy groups -OCH3 is 1. The molecule has 6 heteroatoms. The summed E-state index contributed by atoms with van der Waals surface area (Å²) < 4.78 is 15.8. The van der Waals surface area contributed by atoms with Crippen LogP contribution in [-0.2, 0) is 19.1 Å². The molecule has 31 heavy (non-hydrogen) atoms. The van der Waals surface area contributed by atoms with Gasteiger partial charge in [0.1, 0.15) is 5.75 Å². The molecule has 3 rings (SSSR count). The van der Waals surface area contributed by atoms with Gasteiger partial charge in [0.2, 0.25) is 0 Å². The molecule has 0 radical (unpaired) electrons. The second-order valence-corrected chi connectivity index (χ2v) is 7.04. The third-order valence-electron chi connectivity index (χ3n) is 4.95. The molecular formula is C25H27NO5.